The van der Waals surface area contributed by atoms with E-state index in [4.69, 9.17) is 0 Å². The van der Waals surface area contributed by atoms with E-state index in [9.17, 15) is 0 Å². The molecule has 0 spiro atoms. The summed E-state index contributed by atoms with van der Waals surface area (Å²) >= 11 is 0. The van der Waals surface area contributed by atoms with Crippen molar-refractivity contribution in [3.8, 4) is 0 Å². The molecule has 7 heteroatoms. The number of hydrogen-bond donors (Lipinski definition) is 0. The Kier molecular flexibility index (Phi) is 3470. The van der Waals surface area contributed by atoms with E-state index in [0.29, 0.717) is 0 Å². The fraction of sp³-hybridized carbons (Fsp3) is 0. The molecule has 0 aliphatic carbocycles. The molecular weight excluding hydrogens is 224 g/mol. The Morgan fingerprint density at radius 3 is 0.429 bits per heavy atom. The summed E-state index contributed by atoms with van der Waals surface area (Å²) in [7, 11) is 0. The molecule has 0 aliphatic rings. The minimum absolute atomic E-state index is 0. The molecule has 0 saturated carbocycles. The van der Waals surface area contributed by atoms with Crippen LogP contribution in [0.5, 0.6) is 0 Å². The quantitative estimate of drug-likeness (QED) is 0.548. The van der Waals surface area contributed by atoms with E-state index in [1.165, 1.54) is 0 Å². The van der Waals surface area contributed by atoms with Crippen LogP contribution in [0.1, 0.15) is 0 Å². The predicted molar refractivity (Wildman–Crippen MR) is 17.2 cm³/mol. The van der Waals surface area contributed by atoms with Gasteiger partial charge in [0.15, 0.2) is 0 Å². The fourth-order valence-electron chi connectivity index (χ4n) is 0. The smallest absolute Gasteiger partial charge is 2.00 e. The Labute approximate surface area is 77.4 Å². The van der Waals surface area contributed by atoms with Crippen molar-refractivity contribution in [3.05, 3.63) is 0 Å². The van der Waals surface area contributed by atoms with E-state index in [-0.39, 0.29) is 77.6 Å². The van der Waals surface area contributed by atoms with Crippen LogP contribution in [0, 0.1) is 0 Å². The first kappa shape index (κ1) is 191. The first-order valence-electron chi connectivity index (χ1n) is 0. The van der Waals surface area contributed by atoms with E-state index in [1.54, 1.807) is 0 Å². The van der Waals surface area contributed by atoms with Crippen molar-refractivity contribution in [1.82, 2.24) is 0 Å². The minimum Gasteiger partial charge on any atom is -2.00 e. The van der Waals surface area contributed by atoms with Gasteiger partial charge in [-0.15, -0.1) is 0 Å². The SMILES string of the molecule is [Fe+3].[Fe+3].[O-2].[O-2].[O-2].[S].[S]. The maximum atomic E-state index is 0. The van der Waals surface area contributed by atoms with Crippen LogP contribution in [-0.2, 0) is 50.6 Å². The van der Waals surface area contributed by atoms with Gasteiger partial charge >= 0.3 is 34.1 Å². The summed E-state index contributed by atoms with van der Waals surface area (Å²) in [4.78, 5) is 0. The van der Waals surface area contributed by atoms with Crippen molar-refractivity contribution in [2.45, 2.75) is 0 Å². The van der Waals surface area contributed by atoms with E-state index >= 15 is 0 Å². The largest absolute Gasteiger partial charge is 3.00 e. The molecule has 0 aliphatic heterocycles. The van der Waals surface area contributed by atoms with Gasteiger partial charge in [0, 0.05) is 27.0 Å². The average molecular weight is 224 g/mol. The Hall–Kier alpha value is 1.62. The summed E-state index contributed by atoms with van der Waals surface area (Å²) in [5, 5.41) is 0. The van der Waals surface area contributed by atoms with Crippen LogP contribution in [0.15, 0.2) is 0 Å². The third-order valence-electron chi connectivity index (χ3n) is 0. The standard InChI is InChI=1S/2Fe.3O.2S/q2*+3;3*-2;;. The molecule has 0 bridgehead atoms. The Bertz CT molecular complexity index is 10.9. The summed E-state index contributed by atoms with van der Waals surface area (Å²) in [6.07, 6.45) is 0. The Morgan fingerprint density at radius 1 is 0.429 bits per heavy atom. The molecule has 0 fully saturated rings. The van der Waals surface area contributed by atoms with Crippen molar-refractivity contribution in [2.75, 3.05) is 0 Å². The molecule has 0 aromatic heterocycles. The maximum absolute atomic E-state index is 0. The van der Waals surface area contributed by atoms with E-state index < -0.39 is 0 Å². The zero-order chi connectivity index (χ0) is 0. The summed E-state index contributed by atoms with van der Waals surface area (Å²) in [5.41, 5.74) is 0. The minimum atomic E-state index is 0. The van der Waals surface area contributed by atoms with Gasteiger partial charge in [0.1, 0.15) is 0 Å². The summed E-state index contributed by atoms with van der Waals surface area (Å²) in [5.74, 6) is 0. The summed E-state index contributed by atoms with van der Waals surface area (Å²) < 4.78 is 0. The van der Waals surface area contributed by atoms with Gasteiger partial charge in [-0.05, 0) is 0 Å². The van der Waals surface area contributed by atoms with Crippen LogP contribution in [-0.4, -0.2) is 0 Å². The fourth-order valence-corrected chi connectivity index (χ4v) is 0. The molecule has 0 rings (SSSR count). The first-order valence-corrected chi connectivity index (χ1v) is 0. The molecule has 0 amide bonds. The van der Waals surface area contributed by atoms with Crippen LogP contribution >= 0.6 is 27.0 Å². The predicted octanol–water partition coefficient (Wildman–Crippen LogP) is 0.935. The van der Waals surface area contributed by atoms with Gasteiger partial charge in [-0.1, -0.05) is 0 Å². The third kappa shape index (κ3) is 91.8. The van der Waals surface area contributed by atoms with E-state index in [1.807, 2.05) is 0 Å². The van der Waals surface area contributed by atoms with Crippen LogP contribution < -0.4 is 0 Å². The Balaban J connectivity index is 0. The third-order valence-corrected chi connectivity index (χ3v) is 0. The molecule has 6 radical (unpaired) electrons. The van der Waals surface area contributed by atoms with E-state index in [0.717, 1.165) is 0 Å². The molecule has 0 aromatic rings. The van der Waals surface area contributed by atoms with E-state index in [2.05, 4.69) is 0 Å². The molecule has 0 atom stereocenters. The van der Waals surface area contributed by atoms with Crippen molar-refractivity contribution >= 4 is 27.0 Å². The second kappa shape index (κ2) is 127. The van der Waals surface area contributed by atoms with Crippen molar-refractivity contribution in [1.29, 1.82) is 0 Å². The second-order valence-corrected chi connectivity index (χ2v) is 0. The number of rotatable bonds is 0. The van der Waals surface area contributed by atoms with Gasteiger partial charge in [0.05, 0.1) is 0 Å². The van der Waals surface area contributed by atoms with Crippen molar-refractivity contribution < 1.29 is 50.6 Å². The molecular formula is Fe2O3S2. The first-order chi connectivity index (χ1) is 0. The Morgan fingerprint density at radius 2 is 0.429 bits per heavy atom. The zero-order valence-corrected chi connectivity index (χ0v) is 6.59. The molecule has 3 nitrogen and oxygen atoms in total. The molecule has 0 N–H and O–H groups in total. The van der Waals surface area contributed by atoms with Crippen LogP contribution in [0.2, 0.25) is 0 Å². The molecule has 0 aromatic carbocycles. The normalized spacial score (nSPS) is 0. The van der Waals surface area contributed by atoms with Gasteiger partial charge in [-0.2, -0.15) is 0 Å². The van der Waals surface area contributed by atoms with Crippen molar-refractivity contribution in [2.24, 2.45) is 0 Å². The molecule has 0 heterocycles. The van der Waals surface area contributed by atoms with Gasteiger partial charge in [-0.25, -0.2) is 0 Å². The van der Waals surface area contributed by atoms with Crippen LogP contribution in [0.4, 0.5) is 0 Å². The molecule has 0 unspecified atom stereocenters. The van der Waals surface area contributed by atoms with Gasteiger partial charge in [-0.3, -0.25) is 0 Å². The van der Waals surface area contributed by atoms with Crippen LogP contribution in [0.25, 0.3) is 0 Å². The molecule has 7 heavy (non-hydrogen) atoms. The second-order valence-electron chi connectivity index (χ2n) is 0. The van der Waals surface area contributed by atoms with Gasteiger partial charge in [0.2, 0.25) is 0 Å². The summed E-state index contributed by atoms with van der Waals surface area (Å²) in [6, 6.07) is 0. The zero-order valence-electron chi connectivity index (χ0n) is 2.75. The molecule has 0 saturated heterocycles. The summed E-state index contributed by atoms with van der Waals surface area (Å²) in [6.45, 7) is 0. The molecule has 46 valence electrons. The monoisotopic (exact) mass is 224 g/mol. The average Bonchev–Trinajstić information content (AvgIpc) is 0. The van der Waals surface area contributed by atoms with Crippen LogP contribution in [0.3, 0.4) is 0 Å². The van der Waals surface area contributed by atoms with Gasteiger partial charge in [0.25, 0.3) is 0 Å². The topological polar surface area (TPSA) is 85.5 Å². The number of hydrogen-bond acceptors (Lipinski definition) is 0. The van der Waals surface area contributed by atoms with Gasteiger partial charge < -0.3 is 16.4 Å². The maximum Gasteiger partial charge on any atom is 3.00 e. The van der Waals surface area contributed by atoms with Crippen molar-refractivity contribution in [3.63, 3.8) is 0 Å².